The van der Waals surface area contributed by atoms with Gasteiger partial charge in [0.25, 0.3) is 0 Å². The van der Waals surface area contributed by atoms with Crippen molar-refractivity contribution in [1.82, 2.24) is 14.5 Å². The summed E-state index contributed by atoms with van der Waals surface area (Å²) in [5.74, 6) is 0.990. The number of nitrogens with one attached hydrogen (secondary N) is 1. The third-order valence-corrected chi connectivity index (χ3v) is 3.16. The Bertz CT molecular complexity index is 322. The predicted molar refractivity (Wildman–Crippen MR) is 78.0 cm³/mol. The lowest BCUT2D eigenvalue weighted by molar-refractivity contribution is 0.182. The van der Waals surface area contributed by atoms with Crippen LogP contribution in [0.2, 0.25) is 0 Å². The van der Waals surface area contributed by atoms with Crippen molar-refractivity contribution >= 4 is 5.95 Å². The number of anilines is 1. The van der Waals surface area contributed by atoms with Crippen LogP contribution in [0.4, 0.5) is 5.95 Å². The molecule has 1 aromatic heterocycles. The number of rotatable bonds is 8. The molecule has 1 rings (SSSR count). The van der Waals surface area contributed by atoms with Crippen molar-refractivity contribution in [1.29, 1.82) is 0 Å². The molecule has 0 saturated heterocycles. The van der Waals surface area contributed by atoms with Crippen molar-refractivity contribution in [2.75, 3.05) is 18.4 Å². The van der Waals surface area contributed by atoms with E-state index in [2.05, 4.69) is 54.4 Å². The van der Waals surface area contributed by atoms with Crippen LogP contribution in [0.25, 0.3) is 0 Å². The minimum atomic E-state index is 0.585. The zero-order valence-corrected chi connectivity index (χ0v) is 12.5. The highest BCUT2D eigenvalue weighted by molar-refractivity contribution is 5.25. The number of aromatic nitrogens is 2. The van der Waals surface area contributed by atoms with E-state index in [9.17, 15) is 0 Å². The molecule has 0 saturated carbocycles. The second-order valence-corrected chi connectivity index (χ2v) is 5.30. The highest BCUT2D eigenvalue weighted by atomic mass is 15.2. The summed E-state index contributed by atoms with van der Waals surface area (Å²) < 4.78 is 2.18. The summed E-state index contributed by atoms with van der Waals surface area (Å²) in [6.07, 6.45) is 5.03. The van der Waals surface area contributed by atoms with E-state index in [1.807, 2.05) is 12.4 Å². The van der Waals surface area contributed by atoms with Gasteiger partial charge < -0.3 is 9.88 Å². The molecule has 18 heavy (non-hydrogen) atoms. The van der Waals surface area contributed by atoms with Crippen molar-refractivity contribution in [2.45, 2.75) is 59.7 Å². The van der Waals surface area contributed by atoms with Gasteiger partial charge in [0.15, 0.2) is 0 Å². The Kier molecular flexibility index (Phi) is 6.19. The lowest BCUT2D eigenvalue weighted by Crippen LogP contribution is -2.40. The zero-order chi connectivity index (χ0) is 13.5. The van der Waals surface area contributed by atoms with Crippen LogP contribution in [-0.2, 0) is 6.54 Å². The van der Waals surface area contributed by atoms with Crippen molar-refractivity contribution in [3.05, 3.63) is 12.4 Å². The molecule has 4 heteroatoms. The van der Waals surface area contributed by atoms with E-state index in [0.717, 1.165) is 32.0 Å². The fourth-order valence-electron chi connectivity index (χ4n) is 2.31. The molecule has 0 amide bonds. The molecule has 0 aliphatic carbocycles. The Morgan fingerprint density at radius 2 is 1.94 bits per heavy atom. The number of nitrogens with zero attached hydrogens (tertiary/aromatic N) is 3. The monoisotopic (exact) mass is 252 g/mol. The Balaban J connectivity index is 2.42. The largest absolute Gasteiger partial charge is 0.354 e. The second-order valence-electron chi connectivity index (χ2n) is 5.30. The SMILES string of the molecule is CCCn1ccnc1NCCN(C(C)C)C(C)C. The quantitative estimate of drug-likeness (QED) is 0.772. The first-order valence-corrected chi connectivity index (χ1v) is 7.07. The van der Waals surface area contributed by atoms with Crippen molar-refractivity contribution < 1.29 is 0 Å². The number of hydrogen-bond donors (Lipinski definition) is 1. The lowest BCUT2D eigenvalue weighted by atomic mass is 10.2. The van der Waals surface area contributed by atoms with Crippen LogP contribution in [0.15, 0.2) is 12.4 Å². The van der Waals surface area contributed by atoms with Gasteiger partial charge in [-0.05, 0) is 34.1 Å². The van der Waals surface area contributed by atoms with Crippen LogP contribution in [-0.4, -0.2) is 39.6 Å². The average Bonchev–Trinajstić information content (AvgIpc) is 2.71. The molecule has 0 aliphatic rings. The van der Waals surface area contributed by atoms with Gasteiger partial charge in [-0.25, -0.2) is 4.98 Å². The number of hydrogen-bond acceptors (Lipinski definition) is 3. The molecule has 0 bridgehead atoms. The molecule has 0 radical (unpaired) electrons. The van der Waals surface area contributed by atoms with E-state index in [4.69, 9.17) is 0 Å². The molecule has 4 nitrogen and oxygen atoms in total. The number of imidazole rings is 1. The maximum absolute atomic E-state index is 4.35. The molecule has 1 N–H and O–H groups in total. The first kappa shape index (κ1) is 15.0. The minimum Gasteiger partial charge on any atom is -0.354 e. The minimum absolute atomic E-state index is 0.585. The molecule has 1 heterocycles. The zero-order valence-electron chi connectivity index (χ0n) is 12.5. The highest BCUT2D eigenvalue weighted by Crippen LogP contribution is 2.07. The van der Waals surface area contributed by atoms with Gasteiger partial charge in [0.2, 0.25) is 5.95 Å². The molecule has 0 spiro atoms. The van der Waals surface area contributed by atoms with Gasteiger partial charge in [-0.2, -0.15) is 0 Å². The summed E-state index contributed by atoms with van der Waals surface area (Å²) in [4.78, 5) is 6.84. The molecule has 0 fully saturated rings. The second kappa shape index (κ2) is 7.41. The summed E-state index contributed by atoms with van der Waals surface area (Å²) >= 11 is 0. The van der Waals surface area contributed by atoms with Gasteiger partial charge >= 0.3 is 0 Å². The summed E-state index contributed by atoms with van der Waals surface area (Å²) in [6.45, 7) is 14.2. The average molecular weight is 252 g/mol. The van der Waals surface area contributed by atoms with Crippen LogP contribution in [0, 0.1) is 0 Å². The first-order valence-electron chi connectivity index (χ1n) is 7.07. The smallest absolute Gasteiger partial charge is 0.202 e. The fourth-order valence-corrected chi connectivity index (χ4v) is 2.31. The maximum atomic E-state index is 4.35. The predicted octanol–water partition coefficient (Wildman–Crippen LogP) is 2.82. The molecule has 0 atom stereocenters. The third kappa shape index (κ3) is 4.33. The highest BCUT2D eigenvalue weighted by Gasteiger charge is 2.12. The molecule has 0 unspecified atom stereocenters. The summed E-state index contributed by atoms with van der Waals surface area (Å²) in [5, 5.41) is 3.43. The van der Waals surface area contributed by atoms with Crippen LogP contribution >= 0.6 is 0 Å². The van der Waals surface area contributed by atoms with E-state index < -0.39 is 0 Å². The summed E-state index contributed by atoms with van der Waals surface area (Å²) in [6, 6.07) is 1.17. The van der Waals surface area contributed by atoms with Crippen LogP contribution in [0.5, 0.6) is 0 Å². The maximum Gasteiger partial charge on any atom is 0.202 e. The lowest BCUT2D eigenvalue weighted by Gasteiger charge is -2.30. The third-order valence-electron chi connectivity index (χ3n) is 3.16. The number of aryl methyl sites for hydroxylation is 1. The Morgan fingerprint density at radius 1 is 1.28 bits per heavy atom. The van der Waals surface area contributed by atoms with Gasteiger partial charge in [0, 0.05) is 44.1 Å². The molecule has 104 valence electrons. The van der Waals surface area contributed by atoms with Gasteiger partial charge in [0.1, 0.15) is 0 Å². The van der Waals surface area contributed by atoms with E-state index in [-0.39, 0.29) is 0 Å². The summed E-state index contributed by atoms with van der Waals surface area (Å²) in [5.41, 5.74) is 0. The first-order chi connectivity index (χ1) is 8.56. The Hall–Kier alpha value is -1.03. The van der Waals surface area contributed by atoms with Crippen LogP contribution in [0.1, 0.15) is 41.0 Å². The van der Waals surface area contributed by atoms with Crippen molar-refractivity contribution in [3.63, 3.8) is 0 Å². The van der Waals surface area contributed by atoms with Crippen LogP contribution in [0.3, 0.4) is 0 Å². The van der Waals surface area contributed by atoms with Crippen molar-refractivity contribution in [3.8, 4) is 0 Å². The van der Waals surface area contributed by atoms with E-state index in [1.54, 1.807) is 0 Å². The van der Waals surface area contributed by atoms with E-state index in [0.29, 0.717) is 12.1 Å². The molecule has 0 aliphatic heterocycles. The molecule has 0 aromatic carbocycles. The van der Waals surface area contributed by atoms with Gasteiger partial charge in [-0.1, -0.05) is 6.92 Å². The standard InChI is InChI=1S/C14H28N4/c1-6-9-17-10-7-15-14(17)16-8-11-18(12(2)3)13(4)5/h7,10,12-13H,6,8-9,11H2,1-5H3,(H,15,16). The fraction of sp³-hybridized carbons (Fsp3) is 0.786. The van der Waals surface area contributed by atoms with E-state index >= 15 is 0 Å². The van der Waals surface area contributed by atoms with Gasteiger partial charge in [0.05, 0.1) is 0 Å². The molecule has 1 aromatic rings. The molecular weight excluding hydrogens is 224 g/mol. The van der Waals surface area contributed by atoms with Gasteiger partial charge in [-0.3, -0.25) is 4.90 Å². The van der Waals surface area contributed by atoms with Gasteiger partial charge in [-0.15, -0.1) is 0 Å². The van der Waals surface area contributed by atoms with E-state index in [1.165, 1.54) is 0 Å². The Morgan fingerprint density at radius 3 is 2.50 bits per heavy atom. The molecular formula is C14H28N4. The van der Waals surface area contributed by atoms with Crippen molar-refractivity contribution in [2.24, 2.45) is 0 Å². The normalized spacial score (nSPS) is 11.8. The van der Waals surface area contributed by atoms with Crippen LogP contribution < -0.4 is 5.32 Å². The summed E-state index contributed by atoms with van der Waals surface area (Å²) in [7, 11) is 0. The Labute approximate surface area is 111 Å². The topological polar surface area (TPSA) is 33.1 Å².